The number of hydrogen-bond acceptors (Lipinski definition) is 4. The van der Waals surface area contributed by atoms with Crippen LogP contribution < -0.4 is 0 Å². The Balaban J connectivity index is 1.98. The monoisotopic (exact) mass is 335 g/mol. The molecule has 0 spiro atoms. The van der Waals surface area contributed by atoms with Gasteiger partial charge in [0.1, 0.15) is 0 Å². The molecule has 3 rings (SSSR count). The Morgan fingerprint density at radius 1 is 1.05 bits per heavy atom. The van der Waals surface area contributed by atoms with Gasteiger partial charge in [0.2, 0.25) is 19.7 Å². The Kier molecular flexibility index (Phi) is 3.97. The highest BCUT2D eigenvalue weighted by Crippen LogP contribution is 2.33. The number of hydrogen-bond donors (Lipinski definition) is 0. The molecule has 0 aliphatic heterocycles. The molecule has 3 nitrogen and oxygen atoms in total. The van der Waals surface area contributed by atoms with E-state index in [0.29, 0.717) is 11.1 Å². The number of para-hydroxylation sites is 1. The number of rotatable bonds is 4. The number of sulfone groups is 1. The van der Waals surface area contributed by atoms with Crippen LogP contribution in [0.3, 0.4) is 0 Å². The summed E-state index contributed by atoms with van der Waals surface area (Å²) in [5, 5.41) is 0. The predicted octanol–water partition coefficient (Wildman–Crippen LogP) is 4.17. The molecule has 0 aliphatic rings. The third-order valence-corrected chi connectivity index (χ3v) is 6.89. The van der Waals surface area contributed by atoms with Crippen LogP contribution in [0.2, 0.25) is 0 Å². The average molecular weight is 335 g/mol. The van der Waals surface area contributed by atoms with Crippen molar-refractivity contribution in [3.8, 4) is 0 Å². The summed E-state index contributed by atoms with van der Waals surface area (Å²) in [4.78, 5) is 4.07. The lowest BCUT2D eigenvalue weighted by molar-refractivity contribution is 0.376. The second-order valence-electron chi connectivity index (χ2n) is 5.04. The maximum absolute atomic E-state index is 14.7. The van der Waals surface area contributed by atoms with Crippen LogP contribution in [0.1, 0.15) is 18.4 Å². The highest BCUT2D eigenvalue weighted by Gasteiger charge is 2.35. The summed E-state index contributed by atoms with van der Waals surface area (Å²) in [5.74, 6) is -0.752. The summed E-state index contributed by atoms with van der Waals surface area (Å²) >= 11 is 1.01. The van der Waals surface area contributed by atoms with Crippen molar-refractivity contribution in [2.75, 3.05) is 0 Å². The molecule has 6 heteroatoms. The number of aromatic nitrogens is 1. The van der Waals surface area contributed by atoms with E-state index >= 15 is 0 Å². The number of benzene rings is 2. The molecule has 1 unspecified atom stereocenters. The topological polar surface area (TPSA) is 47.0 Å². The van der Waals surface area contributed by atoms with Crippen LogP contribution in [-0.2, 0) is 9.84 Å². The summed E-state index contributed by atoms with van der Waals surface area (Å²) < 4.78 is 40.2. The molecule has 1 aromatic heterocycles. The first-order valence-electron chi connectivity index (χ1n) is 6.78. The summed E-state index contributed by atoms with van der Waals surface area (Å²) in [6.45, 7) is 1.57. The highest BCUT2D eigenvalue weighted by molar-refractivity contribution is 7.94. The zero-order valence-electron chi connectivity index (χ0n) is 11.8. The summed E-state index contributed by atoms with van der Waals surface area (Å²) in [6.07, 6.45) is 0. The van der Waals surface area contributed by atoms with Crippen LogP contribution in [0.15, 0.2) is 58.9 Å². The Labute approximate surface area is 132 Å². The summed E-state index contributed by atoms with van der Waals surface area (Å²) in [5.41, 5.74) is -0.791. The van der Waals surface area contributed by atoms with Crippen LogP contribution in [0, 0.1) is 0 Å². The van der Waals surface area contributed by atoms with Crippen molar-refractivity contribution in [2.45, 2.75) is 22.7 Å². The summed E-state index contributed by atoms with van der Waals surface area (Å²) in [7, 11) is -4.11. The molecule has 0 fully saturated rings. The van der Waals surface area contributed by atoms with Crippen molar-refractivity contribution in [3.63, 3.8) is 0 Å². The van der Waals surface area contributed by atoms with Crippen LogP contribution in [0.25, 0.3) is 10.2 Å². The molecule has 3 aromatic rings. The van der Waals surface area contributed by atoms with E-state index in [4.69, 9.17) is 0 Å². The van der Waals surface area contributed by atoms with E-state index in [1.807, 2.05) is 6.07 Å². The maximum atomic E-state index is 14.7. The molecule has 2 atom stereocenters. The van der Waals surface area contributed by atoms with E-state index in [-0.39, 0.29) is 4.34 Å². The van der Waals surface area contributed by atoms with Crippen LogP contribution >= 0.6 is 11.3 Å². The molecule has 0 radical (unpaired) electrons. The van der Waals surface area contributed by atoms with Gasteiger partial charge in [-0.05, 0) is 17.7 Å². The minimum atomic E-state index is -4.11. The molecule has 0 amide bonds. The minimum Gasteiger partial charge on any atom is -0.229 e. The minimum absolute atomic E-state index is 0.163. The van der Waals surface area contributed by atoms with E-state index in [1.165, 1.54) is 0 Å². The number of thiazole rings is 1. The Hall–Kier alpha value is -1.79. The molecule has 0 saturated heterocycles. The fourth-order valence-corrected chi connectivity index (χ4v) is 5.07. The van der Waals surface area contributed by atoms with Gasteiger partial charge in [-0.1, -0.05) is 49.4 Å². The zero-order chi connectivity index (χ0) is 15.7. The van der Waals surface area contributed by atoms with E-state index in [9.17, 15) is 12.8 Å². The molecule has 0 saturated carbocycles. The Morgan fingerprint density at radius 2 is 1.68 bits per heavy atom. The van der Waals surface area contributed by atoms with E-state index in [2.05, 4.69) is 4.98 Å². The SMILES string of the molecule is C[C@H](c1ccccc1)C(F)S(=O)(=O)c1nc2ccccc2s1. The van der Waals surface area contributed by atoms with E-state index in [1.54, 1.807) is 55.5 Å². The lowest BCUT2D eigenvalue weighted by Gasteiger charge is -2.16. The van der Waals surface area contributed by atoms with Gasteiger partial charge in [-0.3, -0.25) is 0 Å². The van der Waals surface area contributed by atoms with Gasteiger partial charge in [-0.2, -0.15) is 0 Å². The molecule has 0 N–H and O–H groups in total. The standard InChI is InChI=1S/C16H14FNO2S2/c1-11(12-7-3-2-4-8-12)15(17)22(19,20)16-18-13-9-5-6-10-14(13)21-16/h2-11,15H,1H3/t11-,15?/m1/s1. The van der Waals surface area contributed by atoms with Gasteiger partial charge >= 0.3 is 0 Å². The van der Waals surface area contributed by atoms with Gasteiger partial charge in [0.05, 0.1) is 10.2 Å². The number of nitrogens with zero attached hydrogens (tertiary/aromatic N) is 1. The van der Waals surface area contributed by atoms with Gasteiger partial charge in [0.25, 0.3) is 0 Å². The Morgan fingerprint density at radius 3 is 2.36 bits per heavy atom. The largest absolute Gasteiger partial charge is 0.237 e. The summed E-state index contributed by atoms with van der Waals surface area (Å²) in [6, 6.07) is 15.9. The fourth-order valence-electron chi connectivity index (χ4n) is 2.25. The fraction of sp³-hybridized carbons (Fsp3) is 0.188. The van der Waals surface area contributed by atoms with Crippen LogP contribution in [-0.4, -0.2) is 18.9 Å². The zero-order valence-corrected chi connectivity index (χ0v) is 13.4. The first-order chi connectivity index (χ1) is 10.5. The normalized spacial score (nSPS) is 14.8. The maximum Gasteiger partial charge on any atom is 0.237 e. The van der Waals surface area contributed by atoms with Crippen molar-refractivity contribution < 1.29 is 12.8 Å². The van der Waals surface area contributed by atoms with Crippen molar-refractivity contribution in [1.29, 1.82) is 0 Å². The van der Waals surface area contributed by atoms with Gasteiger partial charge in [0.15, 0.2) is 0 Å². The molecular weight excluding hydrogens is 321 g/mol. The van der Waals surface area contributed by atoms with Gasteiger partial charge < -0.3 is 0 Å². The van der Waals surface area contributed by atoms with Crippen LogP contribution in [0.4, 0.5) is 4.39 Å². The molecular formula is C16H14FNO2S2. The quantitative estimate of drug-likeness (QED) is 0.719. The first-order valence-corrected chi connectivity index (χ1v) is 9.15. The van der Waals surface area contributed by atoms with Gasteiger partial charge in [-0.25, -0.2) is 17.8 Å². The number of fused-ring (bicyclic) bond motifs is 1. The smallest absolute Gasteiger partial charge is 0.229 e. The lowest BCUT2D eigenvalue weighted by atomic mass is 10.0. The van der Waals surface area contributed by atoms with Gasteiger partial charge in [0, 0.05) is 5.92 Å². The van der Waals surface area contributed by atoms with Crippen molar-refractivity contribution in [1.82, 2.24) is 4.98 Å². The Bertz CT molecular complexity index is 858. The van der Waals surface area contributed by atoms with E-state index < -0.39 is 21.3 Å². The number of alkyl halides is 1. The van der Waals surface area contributed by atoms with Gasteiger partial charge in [-0.15, -0.1) is 11.3 Å². The molecule has 1 heterocycles. The highest BCUT2D eigenvalue weighted by atomic mass is 32.2. The molecule has 2 aromatic carbocycles. The van der Waals surface area contributed by atoms with E-state index in [0.717, 1.165) is 16.0 Å². The molecule has 0 bridgehead atoms. The lowest BCUT2D eigenvalue weighted by Crippen LogP contribution is -2.22. The molecule has 0 aliphatic carbocycles. The predicted molar refractivity (Wildman–Crippen MR) is 86.6 cm³/mol. The second kappa shape index (κ2) is 5.78. The van der Waals surface area contributed by atoms with Crippen molar-refractivity contribution >= 4 is 31.4 Å². The first kappa shape index (κ1) is 15.1. The third-order valence-electron chi connectivity index (χ3n) is 3.53. The van der Waals surface area contributed by atoms with Crippen molar-refractivity contribution in [2.24, 2.45) is 0 Å². The molecule has 114 valence electrons. The number of halogens is 1. The molecule has 22 heavy (non-hydrogen) atoms. The third kappa shape index (κ3) is 2.64. The van der Waals surface area contributed by atoms with Crippen LogP contribution in [0.5, 0.6) is 0 Å². The average Bonchev–Trinajstić information content (AvgIpc) is 2.99. The second-order valence-corrected chi connectivity index (χ2v) is 8.26. The van der Waals surface area contributed by atoms with Crippen molar-refractivity contribution in [3.05, 3.63) is 60.2 Å².